The zero-order chi connectivity index (χ0) is 42.5. The molecule has 0 atom stereocenters. The van der Waals surface area contributed by atoms with E-state index in [4.69, 9.17) is 64.9 Å². The smallest absolute Gasteiger partial charge is 0.205 e. The fraction of sp³-hybridized carbons (Fsp3) is 0.426. The molecule has 5 rings (SSSR count). The molecule has 0 unspecified atom stereocenters. The van der Waals surface area contributed by atoms with E-state index in [0.29, 0.717) is 104 Å². The van der Waals surface area contributed by atoms with Gasteiger partial charge in [0, 0.05) is 36.5 Å². The molecule has 0 saturated heterocycles. The summed E-state index contributed by atoms with van der Waals surface area (Å²) in [6.07, 6.45) is 12.5. The maximum atomic E-state index is 8.57. The molecule has 2 fully saturated rings. The Morgan fingerprint density at radius 3 is 1.37 bits per heavy atom. The summed E-state index contributed by atoms with van der Waals surface area (Å²) in [4.78, 5) is 0. The van der Waals surface area contributed by atoms with E-state index in [1.807, 2.05) is 66.7 Å². The molecular formula is C47H59N5O8. The molecule has 0 radical (unpaired) electrons. The Morgan fingerprint density at radius 1 is 0.517 bits per heavy atom. The Morgan fingerprint density at radius 2 is 0.933 bits per heavy atom. The van der Waals surface area contributed by atoms with E-state index in [1.54, 1.807) is 0 Å². The van der Waals surface area contributed by atoms with Gasteiger partial charge < -0.3 is 43.3 Å². The third-order valence-electron chi connectivity index (χ3n) is 10.6. The van der Waals surface area contributed by atoms with E-state index < -0.39 is 0 Å². The summed E-state index contributed by atoms with van der Waals surface area (Å²) in [7, 11) is 0. The molecule has 0 bridgehead atoms. The van der Waals surface area contributed by atoms with Crippen LogP contribution in [0.15, 0.2) is 92.0 Å². The fourth-order valence-electron chi connectivity index (χ4n) is 7.07. The molecule has 2 aliphatic carbocycles. The van der Waals surface area contributed by atoms with Gasteiger partial charge in [0.2, 0.25) is 11.8 Å². The first kappa shape index (κ1) is 45.0. The quantitative estimate of drug-likeness (QED) is 0.0354. The van der Waals surface area contributed by atoms with Gasteiger partial charge >= 0.3 is 0 Å². The Bertz CT molecular complexity index is 1880. The van der Waals surface area contributed by atoms with Crippen LogP contribution in [0.25, 0.3) is 0 Å². The maximum Gasteiger partial charge on any atom is 0.205 e. The summed E-state index contributed by atoms with van der Waals surface area (Å²) in [5.41, 5.74) is 0.677. The van der Waals surface area contributed by atoms with Gasteiger partial charge in [-0.3, -0.25) is 21.6 Å². The number of hydrogen-bond acceptors (Lipinski definition) is 13. The normalized spacial score (nSPS) is 18.5. The maximum absolute atomic E-state index is 8.57. The highest BCUT2D eigenvalue weighted by atomic mass is 16.5. The lowest BCUT2D eigenvalue weighted by atomic mass is 9.82. The number of hydrogen-bond donors (Lipinski definition) is 5. The van der Waals surface area contributed by atoms with Crippen molar-refractivity contribution < 1.29 is 37.9 Å². The second-order valence-corrected chi connectivity index (χ2v) is 15.0. The minimum Gasteiger partial charge on any atom is -0.493 e. The minimum atomic E-state index is 0.0525. The summed E-state index contributed by atoms with van der Waals surface area (Å²) in [5, 5.41) is 40.0. The van der Waals surface area contributed by atoms with Crippen LogP contribution in [0.2, 0.25) is 0 Å². The lowest BCUT2D eigenvalue weighted by molar-refractivity contribution is 0.190. The van der Waals surface area contributed by atoms with E-state index in [0.717, 1.165) is 51.4 Å². The van der Waals surface area contributed by atoms with Gasteiger partial charge in [-0.15, -0.1) is 0 Å². The summed E-state index contributed by atoms with van der Waals surface area (Å²) < 4.78 is 46.0. The van der Waals surface area contributed by atoms with Crippen molar-refractivity contribution in [1.29, 1.82) is 27.0 Å². The third-order valence-corrected chi connectivity index (χ3v) is 10.6. The van der Waals surface area contributed by atoms with Crippen molar-refractivity contribution >= 4 is 29.8 Å². The van der Waals surface area contributed by atoms with E-state index in [-0.39, 0.29) is 35.4 Å². The SMILES string of the molecule is C=CC(=N)OCCCOc1ccc(OC(=N)C2CCC(COc3ccc(OCC4CCC(C(=N)Oc5ccc(OCCCOC(=N)C=C)cc5)CC4)c(C=N)c3)CC2)cc1. The van der Waals surface area contributed by atoms with E-state index in [9.17, 15) is 0 Å². The highest BCUT2D eigenvalue weighted by Gasteiger charge is 2.28. The monoisotopic (exact) mass is 821 g/mol. The fourth-order valence-corrected chi connectivity index (χ4v) is 7.07. The molecule has 5 N–H and O–H groups in total. The van der Waals surface area contributed by atoms with Crippen molar-refractivity contribution in [2.75, 3.05) is 39.6 Å². The Hall–Kier alpha value is -6.11. The number of rotatable bonds is 23. The first-order valence-electron chi connectivity index (χ1n) is 20.8. The first-order chi connectivity index (χ1) is 29.2. The molecule has 13 heteroatoms. The van der Waals surface area contributed by atoms with Crippen molar-refractivity contribution in [1.82, 2.24) is 0 Å². The van der Waals surface area contributed by atoms with Crippen LogP contribution < -0.4 is 28.4 Å². The van der Waals surface area contributed by atoms with Crippen molar-refractivity contribution in [3.05, 3.63) is 97.6 Å². The van der Waals surface area contributed by atoms with Gasteiger partial charge in [-0.2, -0.15) is 0 Å². The zero-order valence-corrected chi connectivity index (χ0v) is 34.4. The van der Waals surface area contributed by atoms with Crippen molar-refractivity contribution in [2.24, 2.45) is 23.7 Å². The molecule has 0 aromatic heterocycles. The van der Waals surface area contributed by atoms with E-state index >= 15 is 0 Å². The Kier molecular flexibility index (Phi) is 18.1. The van der Waals surface area contributed by atoms with Crippen LogP contribution in [0.3, 0.4) is 0 Å². The van der Waals surface area contributed by atoms with Gasteiger partial charge in [0.15, 0.2) is 11.8 Å². The highest BCUT2D eigenvalue weighted by molar-refractivity contribution is 5.84. The predicted molar refractivity (Wildman–Crippen MR) is 234 cm³/mol. The lowest BCUT2D eigenvalue weighted by Gasteiger charge is -2.29. The number of ether oxygens (including phenoxy) is 8. The molecule has 3 aromatic rings. The lowest BCUT2D eigenvalue weighted by Crippen LogP contribution is -2.27. The summed E-state index contributed by atoms with van der Waals surface area (Å²) >= 11 is 0. The molecule has 0 amide bonds. The molecular weight excluding hydrogens is 763 g/mol. The second kappa shape index (κ2) is 24.1. The van der Waals surface area contributed by atoms with Gasteiger partial charge in [-0.05, 0) is 142 Å². The molecule has 13 nitrogen and oxygen atoms in total. The van der Waals surface area contributed by atoms with Gasteiger partial charge in [0.1, 0.15) is 34.5 Å². The predicted octanol–water partition coefficient (Wildman–Crippen LogP) is 10.1. The summed E-state index contributed by atoms with van der Waals surface area (Å²) in [5.74, 6) is 5.53. The molecule has 0 aliphatic heterocycles. The van der Waals surface area contributed by atoms with Crippen LogP contribution >= 0.6 is 0 Å². The topological polar surface area (TPSA) is 193 Å². The van der Waals surface area contributed by atoms with Gasteiger partial charge in [-0.25, -0.2) is 0 Å². The molecule has 3 aromatic carbocycles. The van der Waals surface area contributed by atoms with Crippen LogP contribution in [0.5, 0.6) is 34.5 Å². The third kappa shape index (κ3) is 14.9. The molecule has 0 heterocycles. The molecule has 2 aliphatic rings. The summed E-state index contributed by atoms with van der Waals surface area (Å²) in [6, 6.07) is 20.2. The Balaban J connectivity index is 0.944. The van der Waals surface area contributed by atoms with Gasteiger partial charge in [0.25, 0.3) is 0 Å². The van der Waals surface area contributed by atoms with E-state index in [1.165, 1.54) is 18.4 Å². The van der Waals surface area contributed by atoms with Crippen LogP contribution in [0.4, 0.5) is 0 Å². The standard InChI is InChI=1S/C47H59N5O8/c1-3-44(49)55-27-5-25-53-38-15-19-40(20-16-38)59-46(51)35-11-7-33(8-12-35)31-57-42-23-24-43(37(29-42)30-48)58-32-34-9-13-36(14-10-34)47(52)60-41-21-17-39(18-22-41)54-26-6-28-56-45(50)4-2/h3-4,15-24,29-30,33-36,48-52H,1-2,5-14,25-28,31-32H2. The van der Waals surface area contributed by atoms with Crippen molar-refractivity contribution in [2.45, 2.75) is 64.2 Å². The minimum absolute atomic E-state index is 0.0525. The molecule has 0 spiro atoms. The molecule has 320 valence electrons. The first-order valence-corrected chi connectivity index (χ1v) is 20.8. The molecule has 2 saturated carbocycles. The van der Waals surface area contributed by atoms with Gasteiger partial charge in [0.05, 0.1) is 39.6 Å². The summed E-state index contributed by atoms with van der Waals surface area (Å²) in [6.45, 7) is 9.83. The zero-order valence-electron chi connectivity index (χ0n) is 34.4. The van der Waals surface area contributed by atoms with Crippen LogP contribution in [0.1, 0.15) is 69.8 Å². The molecule has 60 heavy (non-hydrogen) atoms. The van der Waals surface area contributed by atoms with Crippen LogP contribution in [-0.2, 0) is 9.47 Å². The largest absolute Gasteiger partial charge is 0.493 e. The average Bonchev–Trinajstić information content (AvgIpc) is 3.28. The average molecular weight is 822 g/mol. The van der Waals surface area contributed by atoms with Crippen LogP contribution in [-0.4, -0.2) is 69.4 Å². The number of nitrogens with one attached hydrogen (secondary N) is 5. The van der Waals surface area contributed by atoms with Crippen LogP contribution in [0, 0.1) is 50.7 Å². The number of benzene rings is 3. The van der Waals surface area contributed by atoms with E-state index in [2.05, 4.69) is 13.2 Å². The highest BCUT2D eigenvalue weighted by Crippen LogP contribution is 2.34. The van der Waals surface area contributed by atoms with Crippen molar-refractivity contribution in [3.8, 4) is 34.5 Å². The van der Waals surface area contributed by atoms with Crippen molar-refractivity contribution in [3.63, 3.8) is 0 Å². The van der Waals surface area contributed by atoms with Gasteiger partial charge in [-0.1, -0.05) is 13.2 Å². The Labute approximate surface area is 353 Å². The second-order valence-electron chi connectivity index (χ2n) is 15.0.